The summed E-state index contributed by atoms with van der Waals surface area (Å²) in [5, 5.41) is 0. The Morgan fingerprint density at radius 2 is 1.65 bits per heavy atom. The number of hydrogen-bond acceptors (Lipinski definition) is 1. The number of aromatic nitrogens is 2. The lowest BCUT2D eigenvalue weighted by molar-refractivity contribution is 0.932. The predicted octanol–water partition coefficient (Wildman–Crippen LogP) is 3.14. The molecule has 0 N–H and O–H groups in total. The Bertz CT molecular complexity index is 638. The Morgan fingerprint density at radius 1 is 0.941 bits per heavy atom. The molecule has 3 rings (SSSR count). The summed E-state index contributed by atoms with van der Waals surface area (Å²) < 4.78 is 1.67. The maximum Gasteiger partial charge on any atom is 0.114 e. The third-order valence-electron chi connectivity index (χ3n) is 2.87. The van der Waals surface area contributed by atoms with E-state index in [-0.39, 0.29) is 0 Å². The van der Waals surface area contributed by atoms with Gasteiger partial charge in [0.1, 0.15) is 5.82 Å². The van der Waals surface area contributed by atoms with Crippen LogP contribution < -0.4 is 0 Å². The summed E-state index contributed by atoms with van der Waals surface area (Å²) in [6.07, 6.45) is 0.756. The first-order valence-electron chi connectivity index (χ1n) is 5.60. The normalized spacial score (nSPS) is 10.9. The SMILES string of the molecule is [CH]n1c(Cc2ccccc2)nc2ccccc21. The minimum absolute atomic E-state index is 0.756. The van der Waals surface area contributed by atoms with E-state index in [0.717, 1.165) is 23.3 Å². The van der Waals surface area contributed by atoms with Gasteiger partial charge in [0.25, 0.3) is 0 Å². The lowest BCUT2D eigenvalue weighted by atomic mass is 10.1. The average Bonchev–Trinajstić information content (AvgIpc) is 2.68. The van der Waals surface area contributed by atoms with Crippen molar-refractivity contribution in [2.45, 2.75) is 6.42 Å². The Labute approximate surface area is 101 Å². The highest BCUT2D eigenvalue weighted by Crippen LogP contribution is 2.17. The zero-order chi connectivity index (χ0) is 11.7. The molecule has 0 spiro atoms. The van der Waals surface area contributed by atoms with Crippen molar-refractivity contribution >= 4 is 11.0 Å². The highest BCUT2D eigenvalue weighted by Gasteiger charge is 2.07. The van der Waals surface area contributed by atoms with Crippen LogP contribution in [-0.4, -0.2) is 9.55 Å². The number of rotatable bonds is 2. The number of hydrogen-bond donors (Lipinski definition) is 0. The summed E-state index contributed by atoms with van der Waals surface area (Å²) >= 11 is 0. The first-order valence-corrected chi connectivity index (χ1v) is 5.60. The highest BCUT2D eigenvalue weighted by molar-refractivity contribution is 5.76. The quantitative estimate of drug-likeness (QED) is 0.648. The summed E-state index contributed by atoms with van der Waals surface area (Å²) in [5.41, 5.74) is 3.13. The number of para-hydroxylation sites is 2. The van der Waals surface area contributed by atoms with Crippen LogP contribution in [0.4, 0.5) is 0 Å². The molecule has 0 aliphatic heterocycles. The first-order chi connectivity index (χ1) is 8.34. The van der Waals surface area contributed by atoms with Crippen molar-refractivity contribution in [3.05, 3.63) is 73.0 Å². The summed E-state index contributed by atoms with van der Waals surface area (Å²) in [6, 6.07) is 18.1. The molecule has 0 aliphatic carbocycles. The van der Waals surface area contributed by atoms with E-state index >= 15 is 0 Å². The molecule has 17 heavy (non-hydrogen) atoms. The Balaban J connectivity index is 2.04. The van der Waals surface area contributed by atoms with Crippen molar-refractivity contribution in [3.63, 3.8) is 0 Å². The second-order valence-corrected chi connectivity index (χ2v) is 4.05. The standard InChI is InChI=1S/C15H12N2/c1-17-14-10-6-5-9-13(14)16-15(17)11-12-7-3-2-4-8-12/h1-10H,11H2. The van der Waals surface area contributed by atoms with Crippen LogP contribution in [0, 0.1) is 7.05 Å². The third kappa shape index (κ3) is 1.82. The molecular formula is C15H12N2. The molecule has 0 aliphatic rings. The first kappa shape index (κ1) is 10.1. The molecule has 3 aromatic rings. The van der Waals surface area contributed by atoms with Gasteiger partial charge in [-0.1, -0.05) is 42.5 Å². The molecule has 1 heterocycles. The lowest BCUT2D eigenvalue weighted by Crippen LogP contribution is -1.97. The molecule has 1 aromatic heterocycles. The number of nitrogens with zero attached hydrogens (tertiary/aromatic N) is 2. The van der Waals surface area contributed by atoms with Crippen molar-refractivity contribution in [1.82, 2.24) is 9.55 Å². The van der Waals surface area contributed by atoms with E-state index in [2.05, 4.69) is 17.1 Å². The molecule has 0 bridgehead atoms. The third-order valence-corrected chi connectivity index (χ3v) is 2.87. The van der Waals surface area contributed by atoms with Gasteiger partial charge in [-0.05, 0) is 17.7 Å². The molecule has 0 amide bonds. The van der Waals surface area contributed by atoms with E-state index in [9.17, 15) is 0 Å². The van der Waals surface area contributed by atoms with Crippen molar-refractivity contribution < 1.29 is 0 Å². The molecule has 0 fully saturated rings. The molecule has 0 saturated carbocycles. The minimum atomic E-state index is 0.756. The maximum atomic E-state index is 6.04. The molecule has 2 radical (unpaired) electrons. The zero-order valence-electron chi connectivity index (χ0n) is 9.38. The van der Waals surface area contributed by atoms with Crippen molar-refractivity contribution in [1.29, 1.82) is 0 Å². The molecular weight excluding hydrogens is 208 g/mol. The van der Waals surface area contributed by atoms with Crippen molar-refractivity contribution in [3.8, 4) is 0 Å². The largest absolute Gasteiger partial charge is 0.320 e. The van der Waals surface area contributed by atoms with Crippen LogP contribution in [0.3, 0.4) is 0 Å². The topological polar surface area (TPSA) is 17.8 Å². The van der Waals surface area contributed by atoms with Gasteiger partial charge in [0.2, 0.25) is 0 Å². The summed E-state index contributed by atoms with van der Waals surface area (Å²) in [4.78, 5) is 4.55. The van der Waals surface area contributed by atoms with Gasteiger partial charge in [-0.3, -0.25) is 0 Å². The van der Waals surface area contributed by atoms with Crippen LogP contribution in [0.1, 0.15) is 11.4 Å². The second kappa shape index (κ2) is 4.06. The fourth-order valence-corrected chi connectivity index (χ4v) is 2.00. The van der Waals surface area contributed by atoms with Gasteiger partial charge in [-0.25, -0.2) is 4.98 Å². The number of fused-ring (bicyclic) bond motifs is 1. The molecule has 0 atom stereocenters. The van der Waals surface area contributed by atoms with E-state index in [0.29, 0.717) is 0 Å². The van der Waals surface area contributed by atoms with Crippen LogP contribution >= 0.6 is 0 Å². The van der Waals surface area contributed by atoms with Gasteiger partial charge in [-0.15, -0.1) is 0 Å². The van der Waals surface area contributed by atoms with Gasteiger partial charge in [-0.2, -0.15) is 0 Å². The number of benzene rings is 2. The smallest absolute Gasteiger partial charge is 0.114 e. The Morgan fingerprint density at radius 3 is 2.41 bits per heavy atom. The summed E-state index contributed by atoms with van der Waals surface area (Å²) in [5.74, 6) is 0.886. The molecule has 0 unspecified atom stereocenters. The van der Waals surface area contributed by atoms with Crippen LogP contribution in [0.5, 0.6) is 0 Å². The summed E-state index contributed by atoms with van der Waals surface area (Å²) in [6.45, 7) is 0. The average molecular weight is 220 g/mol. The minimum Gasteiger partial charge on any atom is -0.320 e. The second-order valence-electron chi connectivity index (χ2n) is 4.05. The molecule has 2 aromatic carbocycles. The summed E-state index contributed by atoms with van der Waals surface area (Å²) in [7, 11) is 6.04. The maximum absolute atomic E-state index is 6.04. The van der Waals surface area contributed by atoms with Crippen LogP contribution in [0.25, 0.3) is 11.0 Å². The van der Waals surface area contributed by atoms with Crippen molar-refractivity contribution in [2.24, 2.45) is 0 Å². The van der Waals surface area contributed by atoms with Gasteiger partial charge in [0.05, 0.1) is 18.1 Å². The predicted molar refractivity (Wildman–Crippen MR) is 68.7 cm³/mol. The fraction of sp³-hybridized carbons (Fsp3) is 0.0667. The lowest BCUT2D eigenvalue weighted by Gasteiger charge is -2.01. The molecule has 82 valence electrons. The monoisotopic (exact) mass is 220 g/mol. The fourth-order valence-electron chi connectivity index (χ4n) is 2.00. The highest BCUT2D eigenvalue weighted by atomic mass is 15.1. The molecule has 2 heteroatoms. The van der Waals surface area contributed by atoms with E-state index in [1.165, 1.54) is 5.56 Å². The van der Waals surface area contributed by atoms with E-state index in [4.69, 9.17) is 7.05 Å². The Kier molecular flexibility index (Phi) is 2.41. The van der Waals surface area contributed by atoms with Gasteiger partial charge < -0.3 is 4.57 Å². The molecule has 0 saturated heterocycles. The van der Waals surface area contributed by atoms with E-state index in [1.807, 2.05) is 42.5 Å². The van der Waals surface area contributed by atoms with E-state index in [1.54, 1.807) is 4.57 Å². The Hall–Kier alpha value is -2.09. The number of imidazole rings is 1. The van der Waals surface area contributed by atoms with Gasteiger partial charge in [0.15, 0.2) is 0 Å². The van der Waals surface area contributed by atoms with Crippen molar-refractivity contribution in [2.75, 3.05) is 0 Å². The van der Waals surface area contributed by atoms with Crippen LogP contribution in [0.2, 0.25) is 0 Å². The van der Waals surface area contributed by atoms with Crippen LogP contribution in [-0.2, 0) is 6.42 Å². The van der Waals surface area contributed by atoms with Gasteiger partial charge >= 0.3 is 0 Å². The van der Waals surface area contributed by atoms with Crippen LogP contribution in [0.15, 0.2) is 54.6 Å². The van der Waals surface area contributed by atoms with Gasteiger partial charge in [0, 0.05) is 6.42 Å². The van der Waals surface area contributed by atoms with E-state index < -0.39 is 0 Å². The molecule has 2 nitrogen and oxygen atoms in total. The zero-order valence-corrected chi connectivity index (χ0v) is 9.38.